The quantitative estimate of drug-likeness (QED) is 0.430. The minimum atomic E-state index is 0.911. The summed E-state index contributed by atoms with van der Waals surface area (Å²) < 4.78 is 0. The van der Waals surface area contributed by atoms with Crippen LogP contribution in [0.2, 0.25) is 0 Å². The Morgan fingerprint density at radius 2 is 2.22 bits per heavy atom. The van der Waals surface area contributed by atoms with Crippen LogP contribution in [0, 0.1) is 17.3 Å². The molecule has 0 heteroatoms. The zero-order valence-electron chi connectivity index (χ0n) is 5.64. The molecule has 0 heterocycles. The van der Waals surface area contributed by atoms with Gasteiger partial charge in [0.25, 0.3) is 0 Å². The summed E-state index contributed by atoms with van der Waals surface area (Å²) in [6, 6.07) is 0. The number of hydrogen-bond donors (Lipinski definition) is 0. The van der Waals surface area contributed by atoms with Crippen LogP contribution in [0.3, 0.4) is 0 Å². The van der Waals surface area contributed by atoms with Gasteiger partial charge in [-0.3, -0.25) is 0 Å². The van der Waals surface area contributed by atoms with Crippen molar-refractivity contribution in [2.75, 3.05) is 0 Å². The first-order chi connectivity index (χ1) is 4.41. The number of allylic oxidation sites excluding steroid dienone is 2. The van der Waals surface area contributed by atoms with E-state index in [0.717, 1.165) is 17.3 Å². The Kier molecular flexibility index (Phi) is 0.564. The zero-order chi connectivity index (χ0) is 5.90. The summed E-state index contributed by atoms with van der Waals surface area (Å²) in [6.45, 7) is 0. The van der Waals surface area contributed by atoms with Crippen LogP contribution in [0.25, 0.3) is 0 Å². The van der Waals surface area contributed by atoms with E-state index in [1.807, 2.05) is 0 Å². The second-order valence-electron chi connectivity index (χ2n) is 4.00. The van der Waals surface area contributed by atoms with E-state index in [0.29, 0.717) is 0 Å². The summed E-state index contributed by atoms with van der Waals surface area (Å²) in [5, 5.41) is 0. The molecule has 3 aliphatic carbocycles. The fourth-order valence-corrected chi connectivity index (χ4v) is 2.82. The molecule has 2 saturated carbocycles. The van der Waals surface area contributed by atoms with Gasteiger partial charge in [0.2, 0.25) is 0 Å². The summed E-state index contributed by atoms with van der Waals surface area (Å²) in [7, 11) is 0. The van der Waals surface area contributed by atoms with Gasteiger partial charge in [0.05, 0.1) is 0 Å². The van der Waals surface area contributed by atoms with Crippen LogP contribution < -0.4 is 0 Å². The molecule has 0 aromatic carbocycles. The van der Waals surface area contributed by atoms with Crippen molar-refractivity contribution in [1.82, 2.24) is 0 Å². The first-order valence-corrected chi connectivity index (χ1v) is 4.07. The molecule has 0 nitrogen and oxygen atoms in total. The highest BCUT2D eigenvalue weighted by atomic mass is 14.6. The third-order valence-electron chi connectivity index (χ3n) is 3.61. The Balaban J connectivity index is 1.91. The van der Waals surface area contributed by atoms with Crippen LogP contribution in [0.15, 0.2) is 12.2 Å². The third-order valence-corrected chi connectivity index (χ3v) is 3.61. The Bertz CT molecular complexity index is 174. The molecule has 3 rings (SSSR count). The molecule has 1 spiro atoms. The van der Waals surface area contributed by atoms with Crippen molar-refractivity contribution in [2.24, 2.45) is 17.3 Å². The summed E-state index contributed by atoms with van der Waals surface area (Å²) in [6.07, 6.45) is 10.9. The van der Waals surface area contributed by atoms with Gasteiger partial charge in [-0.25, -0.2) is 0 Å². The highest BCUT2D eigenvalue weighted by Gasteiger charge is 2.60. The predicted molar refractivity (Wildman–Crippen MR) is 37.0 cm³/mol. The van der Waals surface area contributed by atoms with Crippen LogP contribution in [0.4, 0.5) is 0 Å². The van der Waals surface area contributed by atoms with Crippen molar-refractivity contribution in [2.45, 2.75) is 25.7 Å². The normalized spacial score (nSPS) is 48.9. The third kappa shape index (κ3) is 0.385. The Morgan fingerprint density at radius 1 is 1.33 bits per heavy atom. The molecule has 48 valence electrons. The van der Waals surface area contributed by atoms with E-state index in [9.17, 15) is 0 Å². The van der Waals surface area contributed by atoms with Gasteiger partial charge in [-0.15, -0.1) is 0 Å². The van der Waals surface area contributed by atoms with E-state index in [4.69, 9.17) is 0 Å². The number of rotatable bonds is 0. The molecular weight excluding hydrogens is 108 g/mol. The molecule has 0 aliphatic heterocycles. The average Bonchev–Trinajstić information content (AvgIpc) is 2.54. The van der Waals surface area contributed by atoms with E-state index in [-0.39, 0.29) is 0 Å². The van der Waals surface area contributed by atoms with Crippen LogP contribution in [-0.2, 0) is 0 Å². The van der Waals surface area contributed by atoms with Crippen molar-refractivity contribution in [3.8, 4) is 0 Å². The summed E-state index contributed by atoms with van der Waals surface area (Å²) in [4.78, 5) is 0. The monoisotopic (exact) mass is 120 g/mol. The molecule has 0 bridgehead atoms. The van der Waals surface area contributed by atoms with Crippen LogP contribution >= 0.6 is 0 Å². The van der Waals surface area contributed by atoms with E-state index < -0.39 is 0 Å². The van der Waals surface area contributed by atoms with E-state index in [1.54, 1.807) is 12.8 Å². The lowest BCUT2D eigenvalue weighted by molar-refractivity contribution is 0.0990. The maximum Gasteiger partial charge on any atom is -0.0191 e. The predicted octanol–water partition coefficient (Wildman–Crippen LogP) is 2.36. The van der Waals surface area contributed by atoms with Crippen molar-refractivity contribution < 1.29 is 0 Å². The molecule has 0 N–H and O–H groups in total. The van der Waals surface area contributed by atoms with Gasteiger partial charge in [-0.05, 0) is 42.9 Å². The molecule has 2 unspecified atom stereocenters. The van der Waals surface area contributed by atoms with Crippen molar-refractivity contribution in [1.29, 1.82) is 0 Å². The molecule has 0 saturated heterocycles. The molecule has 0 aromatic heterocycles. The molecule has 2 fully saturated rings. The Labute approximate surface area is 56.0 Å². The Hall–Kier alpha value is -0.260. The minimum absolute atomic E-state index is 0.911. The highest BCUT2D eigenvalue weighted by molar-refractivity contribution is 5.20. The minimum Gasteiger partial charge on any atom is -0.0879 e. The standard InChI is InChI=1S/C9H12/c1-2-7-6-9(4-5-9)8(7)3-1/h1-2,7-8H,3-6H2. The van der Waals surface area contributed by atoms with E-state index in [1.165, 1.54) is 12.8 Å². The maximum absolute atomic E-state index is 2.44. The van der Waals surface area contributed by atoms with Crippen molar-refractivity contribution in [3.63, 3.8) is 0 Å². The number of hydrogen-bond acceptors (Lipinski definition) is 0. The Morgan fingerprint density at radius 3 is 2.89 bits per heavy atom. The lowest BCUT2D eigenvalue weighted by atomic mass is 9.63. The SMILES string of the molecule is C1=CC2CC3(CC3)C2C1. The van der Waals surface area contributed by atoms with Gasteiger partial charge in [-0.1, -0.05) is 12.2 Å². The van der Waals surface area contributed by atoms with E-state index >= 15 is 0 Å². The van der Waals surface area contributed by atoms with Gasteiger partial charge in [0, 0.05) is 0 Å². The van der Waals surface area contributed by atoms with Crippen LogP contribution in [0.1, 0.15) is 25.7 Å². The fourth-order valence-electron chi connectivity index (χ4n) is 2.82. The number of fused-ring (bicyclic) bond motifs is 2. The molecule has 0 aromatic rings. The second-order valence-corrected chi connectivity index (χ2v) is 4.00. The first kappa shape index (κ1) is 4.54. The first-order valence-electron chi connectivity index (χ1n) is 4.07. The van der Waals surface area contributed by atoms with Gasteiger partial charge >= 0.3 is 0 Å². The highest BCUT2D eigenvalue weighted by Crippen LogP contribution is 2.70. The molecule has 9 heavy (non-hydrogen) atoms. The zero-order valence-corrected chi connectivity index (χ0v) is 5.64. The van der Waals surface area contributed by atoms with Crippen molar-refractivity contribution >= 4 is 0 Å². The van der Waals surface area contributed by atoms with Gasteiger partial charge in [0.1, 0.15) is 0 Å². The summed E-state index contributed by atoms with van der Waals surface area (Å²) in [5.41, 5.74) is 0.911. The van der Waals surface area contributed by atoms with Gasteiger partial charge < -0.3 is 0 Å². The molecule has 0 radical (unpaired) electrons. The average molecular weight is 120 g/mol. The molecule has 3 aliphatic rings. The van der Waals surface area contributed by atoms with Gasteiger partial charge in [0.15, 0.2) is 0 Å². The lowest BCUT2D eigenvalue weighted by Gasteiger charge is -2.41. The smallest absolute Gasteiger partial charge is 0.0191 e. The summed E-state index contributed by atoms with van der Waals surface area (Å²) >= 11 is 0. The lowest BCUT2D eigenvalue weighted by Crippen LogP contribution is -2.34. The van der Waals surface area contributed by atoms with Gasteiger partial charge in [-0.2, -0.15) is 0 Å². The van der Waals surface area contributed by atoms with Crippen molar-refractivity contribution in [3.05, 3.63) is 12.2 Å². The molecule has 0 amide bonds. The second kappa shape index (κ2) is 1.12. The topological polar surface area (TPSA) is 0 Å². The largest absolute Gasteiger partial charge is 0.0879 e. The van der Waals surface area contributed by atoms with E-state index in [2.05, 4.69) is 12.2 Å². The summed E-state index contributed by atoms with van der Waals surface area (Å²) in [5.74, 6) is 2.13. The van der Waals surface area contributed by atoms with Crippen LogP contribution in [-0.4, -0.2) is 0 Å². The van der Waals surface area contributed by atoms with Crippen LogP contribution in [0.5, 0.6) is 0 Å². The maximum atomic E-state index is 2.44. The fraction of sp³-hybridized carbons (Fsp3) is 0.778. The molecular formula is C9H12. The molecule has 2 atom stereocenters.